The number of hydrogen-bond acceptors (Lipinski definition) is 3. The van der Waals surface area contributed by atoms with Crippen LogP contribution in [0.25, 0.3) is 0 Å². The summed E-state index contributed by atoms with van der Waals surface area (Å²) in [6.07, 6.45) is 0.0641. The first-order valence-corrected chi connectivity index (χ1v) is 7.28. The quantitative estimate of drug-likeness (QED) is 0.762. The summed E-state index contributed by atoms with van der Waals surface area (Å²) >= 11 is 0. The smallest absolute Gasteiger partial charge is 0.222 e. The van der Waals surface area contributed by atoms with Gasteiger partial charge in [-0.15, -0.1) is 0 Å². The number of anilines is 1. The molecule has 0 unspecified atom stereocenters. The van der Waals surface area contributed by atoms with Crippen LogP contribution in [0.1, 0.15) is 12.0 Å². The minimum Gasteiger partial charge on any atom is -0.497 e. The van der Waals surface area contributed by atoms with Crippen molar-refractivity contribution in [3.05, 3.63) is 59.4 Å². The van der Waals surface area contributed by atoms with E-state index < -0.39 is 17.5 Å². The predicted octanol–water partition coefficient (Wildman–Crippen LogP) is 3.23. The molecule has 0 radical (unpaired) electrons. The molecule has 1 amide bonds. The fourth-order valence-electron chi connectivity index (χ4n) is 2.01. The molecule has 0 heterocycles. The Bertz CT molecular complexity index is 706. The third kappa shape index (κ3) is 4.65. The largest absolute Gasteiger partial charge is 0.497 e. The van der Waals surface area contributed by atoms with Crippen LogP contribution in [0.5, 0.6) is 5.75 Å². The van der Waals surface area contributed by atoms with E-state index in [1.807, 2.05) is 12.1 Å². The number of carbonyl (C=O) groups excluding carboxylic acids is 1. The Labute approximate surface area is 137 Å². The van der Waals surface area contributed by atoms with Crippen LogP contribution < -0.4 is 15.4 Å². The lowest BCUT2D eigenvalue weighted by atomic mass is 10.2. The van der Waals surface area contributed by atoms with E-state index in [0.717, 1.165) is 23.4 Å². The first-order valence-electron chi connectivity index (χ1n) is 7.28. The lowest BCUT2D eigenvalue weighted by molar-refractivity contribution is -0.121. The fraction of sp³-hybridized carbons (Fsp3) is 0.235. The van der Waals surface area contributed by atoms with E-state index in [2.05, 4.69) is 10.6 Å². The van der Waals surface area contributed by atoms with Crippen molar-refractivity contribution >= 4 is 11.6 Å². The average molecular weight is 338 g/mol. The monoisotopic (exact) mass is 338 g/mol. The molecule has 0 saturated carbocycles. The third-order valence-corrected chi connectivity index (χ3v) is 3.35. The lowest BCUT2D eigenvalue weighted by Gasteiger charge is -2.09. The van der Waals surface area contributed by atoms with Crippen LogP contribution in [0, 0.1) is 17.5 Å². The summed E-state index contributed by atoms with van der Waals surface area (Å²) < 4.78 is 44.3. The minimum absolute atomic E-state index is 0.0641. The van der Waals surface area contributed by atoms with Gasteiger partial charge >= 0.3 is 0 Å². The Morgan fingerprint density at radius 2 is 1.75 bits per heavy atom. The van der Waals surface area contributed by atoms with Gasteiger partial charge in [0.05, 0.1) is 12.8 Å². The molecule has 24 heavy (non-hydrogen) atoms. The van der Waals surface area contributed by atoms with E-state index in [1.54, 1.807) is 19.2 Å². The number of nitrogens with one attached hydrogen (secondary N) is 2. The summed E-state index contributed by atoms with van der Waals surface area (Å²) in [5.41, 5.74) is 0.723. The highest BCUT2D eigenvalue weighted by atomic mass is 19.2. The normalized spacial score (nSPS) is 10.3. The van der Waals surface area contributed by atoms with E-state index in [0.29, 0.717) is 6.54 Å². The van der Waals surface area contributed by atoms with Gasteiger partial charge in [-0.05, 0) is 29.8 Å². The molecule has 0 aliphatic carbocycles. The standard InChI is InChI=1S/C17H17F3N2O2/c1-24-12-4-2-11(3-5-12)10-22-15(23)8-9-21-14-7-6-13(18)16(19)17(14)20/h2-7,21H,8-10H2,1H3,(H,22,23). The van der Waals surface area contributed by atoms with Crippen molar-refractivity contribution in [2.45, 2.75) is 13.0 Å². The van der Waals surface area contributed by atoms with Crippen molar-refractivity contribution in [3.8, 4) is 5.75 Å². The molecule has 0 fully saturated rings. The number of ether oxygens (including phenoxy) is 1. The van der Waals surface area contributed by atoms with E-state index in [1.165, 1.54) is 0 Å². The highest BCUT2D eigenvalue weighted by molar-refractivity contribution is 5.76. The average Bonchev–Trinajstić information content (AvgIpc) is 2.60. The van der Waals surface area contributed by atoms with E-state index in [4.69, 9.17) is 4.74 Å². The van der Waals surface area contributed by atoms with Crippen molar-refractivity contribution in [2.24, 2.45) is 0 Å². The molecular weight excluding hydrogens is 321 g/mol. The summed E-state index contributed by atoms with van der Waals surface area (Å²) in [5, 5.41) is 5.28. The van der Waals surface area contributed by atoms with Gasteiger partial charge in [0, 0.05) is 19.5 Å². The van der Waals surface area contributed by atoms with Crippen LogP contribution >= 0.6 is 0 Å². The maximum atomic E-state index is 13.4. The maximum Gasteiger partial charge on any atom is 0.222 e. The molecule has 0 bridgehead atoms. The van der Waals surface area contributed by atoms with Gasteiger partial charge < -0.3 is 15.4 Å². The molecule has 0 spiro atoms. The van der Waals surface area contributed by atoms with Crippen molar-refractivity contribution in [1.29, 1.82) is 0 Å². The minimum atomic E-state index is -1.54. The van der Waals surface area contributed by atoms with Crippen LogP contribution in [0.2, 0.25) is 0 Å². The molecule has 2 aromatic rings. The van der Waals surface area contributed by atoms with Crippen molar-refractivity contribution in [3.63, 3.8) is 0 Å². The Kier molecular flexibility index (Phi) is 6.06. The molecular formula is C17H17F3N2O2. The van der Waals surface area contributed by atoms with Crippen molar-refractivity contribution < 1.29 is 22.7 Å². The molecule has 2 aromatic carbocycles. The highest BCUT2D eigenvalue weighted by Gasteiger charge is 2.13. The zero-order valence-corrected chi connectivity index (χ0v) is 13.0. The highest BCUT2D eigenvalue weighted by Crippen LogP contribution is 2.19. The lowest BCUT2D eigenvalue weighted by Crippen LogP contribution is -2.25. The van der Waals surface area contributed by atoms with Crippen LogP contribution in [0.3, 0.4) is 0 Å². The third-order valence-electron chi connectivity index (χ3n) is 3.35. The van der Waals surface area contributed by atoms with Gasteiger partial charge in [0.2, 0.25) is 5.91 Å². The number of benzene rings is 2. The summed E-state index contributed by atoms with van der Waals surface area (Å²) in [6, 6.07) is 9.14. The molecule has 0 aromatic heterocycles. The van der Waals surface area contributed by atoms with Crippen LogP contribution in [0.4, 0.5) is 18.9 Å². The maximum absolute atomic E-state index is 13.4. The van der Waals surface area contributed by atoms with E-state index in [-0.39, 0.29) is 24.6 Å². The van der Waals surface area contributed by atoms with Gasteiger partial charge in [0.25, 0.3) is 0 Å². The molecule has 0 saturated heterocycles. The van der Waals surface area contributed by atoms with Gasteiger partial charge in [0.1, 0.15) is 5.75 Å². The summed E-state index contributed by atoms with van der Waals surface area (Å²) in [6.45, 7) is 0.443. The van der Waals surface area contributed by atoms with Gasteiger partial charge in [0.15, 0.2) is 17.5 Å². The van der Waals surface area contributed by atoms with Crippen LogP contribution in [-0.4, -0.2) is 19.6 Å². The Balaban J connectivity index is 1.76. The van der Waals surface area contributed by atoms with E-state index >= 15 is 0 Å². The van der Waals surface area contributed by atoms with Crippen molar-refractivity contribution in [2.75, 3.05) is 19.0 Å². The zero-order valence-electron chi connectivity index (χ0n) is 13.0. The number of carbonyl (C=O) groups is 1. The Hall–Kier alpha value is -2.70. The second-order valence-electron chi connectivity index (χ2n) is 5.02. The number of halogens is 3. The summed E-state index contributed by atoms with van der Waals surface area (Å²) in [4.78, 5) is 11.7. The first-order chi connectivity index (χ1) is 11.5. The van der Waals surface area contributed by atoms with Crippen molar-refractivity contribution in [1.82, 2.24) is 5.32 Å². The summed E-state index contributed by atoms with van der Waals surface area (Å²) in [7, 11) is 1.57. The second kappa shape index (κ2) is 8.24. The molecule has 7 heteroatoms. The zero-order chi connectivity index (χ0) is 17.5. The fourth-order valence-corrected chi connectivity index (χ4v) is 2.01. The van der Waals surface area contributed by atoms with E-state index in [9.17, 15) is 18.0 Å². The predicted molar refractivity (Wildman–Crippen MR) is 84.3 cm³/mol. The van der Waals surface area contributed by atoms with Gasteiger partial charge in [-0.3, -0.25) is 4.79 Å². The van der Waals surface area contributed by atoms with Gasteiger partial charge in [-0.25, -0.2) is 13.2 Å². The number of methoxy groups -OCH3 is 1. The van der Waals surface area contributed by atoms with Crippen LogP contribution in [0.15, 0.2) is 36.4 Å². The molecule has 4 nitrogen and oxygen atoms in total. The van der Waals surface area contributed by atoms with Gasteiger partial charge in [-0.2, -0.15) is 0 Å². The molecule has 0 aliphatic rings. The molecule has 128 valence electrons. The van der Waals surface area contributed by atoms with Gasteiger partial charge in [-0.1, -0.05) is 12.1 Å². The van der Waals surface area contributed by atoms with Crippen LogP contribution in [-0.2, 0) is 11.3 Å². The molecule has 0 aliphatic heterocycles. The molecule has 2 N–H and O–H groups in total. The summed E-state index contributed by atoms with van der Waals surface area (Å²) in [5.74, 6) is -3.61. The second-order valence-corrected chi connectivity index (χ2v) is 5.02. The number of hydrogen-bond donors (Lipinski definition) is 2. The topological polar surface area (TPSA) is 50.4 Å². The Morgan fingerprint density at radius 1 is 1.04 bits per heavy atom. The Morgan fingerprint density at radius 3 is 2.42 bits per heavy atom. The molecule has 2 rings (SSSR count). The first kappa shape index (κ1) is 17.7. The number of amides is 1. The number of rotatable bonds is 7. The SMILES string of the molecule is COc1ccc(CNC(=O)CCNc2ccc(F)c(F)c2F)cc1. The molecule has 0 atom stereocenters.